The summed E-state index contributed by atoms with van der Waals surface area (Å²) in [7, 11) is -2.88. The molecular weight excluding hydrogens is 213 g/mol. The Bertz CT molecular complexity index is 178. The molecule has 0 heterocycles. The van der Waals surface area contributed by atoms with E-state index in [9.17, 15) is 4.57 Å². The minimum Gasteiger partial charge on any atom is -0.308 e. The zero-order valence-electron chi connectivity index (χ0n) is 10.1. The van der Waals surface area contributed by atoms with Gasteiger partial charge in [-0.2, -0.15) is 0 Å². The van der Waals surface area contributed by atoms with Crippen molar-refractivity contribution in [3.05, 3.63) is 0 Å². The second-order valence-corrected chi connectivity index (χ2v) is 5.37. The number of hydrogen-bond donors (Lipinski definition) is 1. The van der Waals surface area contributed by atoms with Crippen molar-refractivity contribution in [2.45, 2.75) is 40.0 Å². The van der Waals surface area contributed by atoms with Gasteiger partial charge in [0.2, 0.25) is 0 Å². The van der Waals surface area contributed by atoms with Crippen LogP contribution in [0.3, 0.4) is 0 Å². The monoisotopic (exact) mass is 237 g/mol. The van der Waals surface area contributed by atoms with Crippen molar-refractivity contribution in [1.29, 1.82) is 0 Å². The highest BCUT2D eigenvalue weighted by Gasteiger charge is 2.22. The molecule has 92 valence electrons. The molecule has 0 radical (unpaired) electrons. The summed E-state index contributed by atoms with van der Waals surface area (Å²) in [6.07, 6.45) is 3.81. The number of rotatable bonds is 10. The van der Waals surface area contributed by atoms with Crippen molar-refractivity contribution < 1.29 is 13.6 Å². The third-order valence-electron chi connectivity index (χ3n) is 1.91. The molecule has 0 fully saturated rings. The van der Waals surface area contributed by atoms with Crippen LogP contribution in [-0.2, 0) is 13.6 Å². The minimum absolute atomic E-state index is 0.318. The molecule has 4 nitrogen and oxygen atoms in total. The van der Waals surface area contributed by atoms with Gasteiger partial charge in [0.15, 0.2) is 0 Å². The standard InChI is InChI=1S/C10H24NO3P/c1-4-7-8-9-11-10-15(12,13-5-2)14-6-3/h11H,4-10H2,1-3H3. The summed E-state index contributed by atoms with van der Waals surface area (Å²) >= 11 is 0. The topological polar surface area (TPSA) is 47.6 Å². The van der Waals surface area contributed by atoms with E-state index in [1.165, 1.54) is 12.8 Å². The lowest BCUT2D eigenvalue weighted by Crippen LogP contribution is -2.19. The Morgan fingerprint density at radius 2 is 1.67 bits per heavy atom. The fourth-order valence-corrected chi connectivity index (χ4v) is 2.71. The predicted octanol–water partition coefficient (Wildman–Crippen LogP) is 2.99. The summed E-state index contributed by atoms with van der Waals surface area (Å²) in [5.41, 5.74) is 0. The van der Waals surface area contributed by atoms with Crippen LogP contribution in [0.2, 0.25) is 0 Å². The molecule has 0 aliphatic carbocycles. The normalized spacial score (nSPS) is 11.9. The van der Waals surface area contributed by atoms with Crippen molar-refractivity contribution in [2.75, 3.05) is 26.0 Å². The fraction of sp³-hybridized carbons (Fsp3) is 1.00. The lowest BCUT2D eigenvalue weighted by molar-refractivity contribution is 0.218. The van der Waals surface area contributed by atoms with Gasteiger partial charge in [-0.05, 0) is 26.8 Å². The largest absolute Gasteiger partial charge is 0.344 e. The van der Waals surface area contributed by atoms with Gasteiger partial charge in [0.05, 0.1) is 19.5 Å². The van der Waals surface area contributed by atoms with E-state index in [4.69, 9.17) is 9.05 Å². The summed E-state index contributed by atoms with van der Waals surface area (Å²) in [4.78, 5) is 0. The van der Waals surface area contributed by atoms with Crippen molar-refractivity contribution in [1.82, 2.24) is 5.32 Å². The second kappa shape index (κ2) is 9.34. The van der Waals surface area contributed by atoms with E-state index in [1.54, 1.807) is 0 Å². The van der Waals surface area contributed by atoms with Gasteiger partial charge in [0.1, 0.15) is 0 Å². The maximum absolute atomic E-state index is 11.9. The Balaban J connectivity index is 3.71. The van der Waals surface area contributed by atoms with Gasteiger partial charge in [-0.1, -0.05) is 19.8 Å². The molecule has 0 atom stereocenters. The molecule has 0 aromatic rings. The van der Waals surface area contributed by atoms with Gasteiger partial charge < -0.3 is 14.4 Å². The Kier molecular flexibility index (Phi) is 9.41. The Morgan fingerprint density at radius 1 is 1.07 bits per heavy atom. The first-order chi connectivity index (χ1) is 7.18. The van der Waals surface area contributed by atoms with Crippen LogP contribution >= 0.6 is 7.60 Å². The highest BCUT2D eigenvalue weighted by atomic mass is 31.2. The van der Waals surface area contributed by atoms with E-state index < -0.39 is 7.60 Å². The van der Waals surface area contributed by atoms with Crippen LogP contribution in [0.5, 0.6) is 0 Å². The first-order valence-corrected chi connectivity index (χ1v) is 7.50. The number of hydrogen-bond acceptors (Lipinski definition) is 4. The van der Waals surface area contributed by atoms with Gasteiger partial charge in [0.25, 0.3) is 0 Å². The molecule has 0 bridgehead atoms. The van der Waals surface area contributed by atoms with Gasteiger partial charge in [-0.3, -0.25) is 4.57 Å². The molecule has 0 spiro atoms. The second-order valence-electron chi connectivity index (χ2n) is 3.31. The van der Waals surface area contributed by atoms with Crippen LogP contribution in [0.15, 0.2) is 0 Å². The first-order valence-electron chi connectivity index (χ1n) is 5.77. The quantitative estimate of drug-likeness (QED) is 0.468. The zero-order chi connectivity index (χ0) is 11.6. The third kappa shape index (κ3) is 7.97. The van der Waals surface area contributed by atoms with Crippen LogP contribution in [-0.4, -0.2) is 26.0 Å². The van der Waals surface area contributed by atoms with Gasteiger partial charge in [0, 0.05) is 0 Å². The zero-order valence-corrected chi connectivity index (χ0v) is 11.0. The van der Waals surface area contributed by atoms with Crippen LogP contribution < -0.4 is 5.32 Å². The summed E-state index contributed by atoms with van der Waals surface area (Å²) < 4.78 is 22.2. The van der Waals surface area contributed by atoms with E-state index in [0.717, 1.165) is 13.0 Å². The lowest BCUT2D eigenvalue weighted by Gasteiger charge is -2.17. The maximum Gasteiger partial charge on any atom is 0.344 e. The van der Waals surface area contributed by atoms with Crippen LogP contribution in [0.1, 0.15) is 40.0 Å². The molecule has 0 aromatic heterocycles. The molecule has 0 saturated carbocycles. The van der Waals surface area contributed by atoms with Crippen molar-refractivity contribution in [2.24, 2.45) is 0 Å². The average Bonchev–Trinajstić information content (AvgIpc) is 2.18. The van der Waals surface area contributed by atoms with Crippen LogP contribution in [0.25, 0.3) is 0 Å². The highest BCUT2D eigenvalue weighted by Crippen LogP contribution is 2.46. The van der Waals surface area contributed by atoms with E-state index in [2.05, 4.69) is 12.2 Å². The summed E-state index contributed by atoms with van der Waals surface area (Å²) in [6.45, 7) is 7.52. The summed E-state index contributed by atoms with van der Waals surface area (Å²) in [5.74, 6) is 0. The summed E-state index contributed by atoms with van der Waals surface area (Å²) in [5, 5.41) is 3.12. The number of nitrogens with one attached hydrogen (secondary N) is 1. The molecule has 0 aliphatic heterocycles. The molecular formula is C10H24NO3P. The number of unbranched alkanes of at least 4 members (excludes halogenated alkanes) is 2. The molecule has 1 N–H and O–H groups in total. The van der Waals surface area contributed by atoms with E-state index in [1.807, 2.05) is 13.8 Å². The van der Waals surface area contributed by atoms with E-state index >= 15 is 0 Å². The SMILES string of the molecule is CCCCCNCP(=O)(OCC)OCC. The van der Waals surface area contributed by atoms with Crippen LogP contribution in [0, 0.1) is 0 Å². The van der Waals surface area contributed by atoms with Crippen LogP contribution in [0.4, 0.5) is 0 Å². The fourth-order valence-electron chi connectivity index (χ4n) is 1.24. The molecule has 0 rings (SSSR count). The third-order valence-corrected chi connectivity index (χ3v) is 3.83. The maximum atomic E-state index is 11.9. The smallest absolute Gasteiger partial charge is 0.308 e. The lowest BCUT2D eigenvalue weighted by atomic mass is 10.2. The Morgan fingerprint density at radius 3 is 2.13 bits per heavy atom. The van der Waals surface area contributed by atoms with Gasteiger partial charge in [-0.25, -0.2) is 0 Å². The Labute approximate surface area is 93.3 Å². The molecule has 0 unspecified atom stereocenters. The first kappa shape index (κ1) is 15.1. The van der Waals surface area contributed by atoms with E-state index in [-0.39, 0.29) is 0 Å². The van der Waals surface area contributed by atoms with Gasteiger partial charge >= 0.3 is 7.60 Å². The molecule has 0 amide bonds. The molecule has 5 heteroatoms. The molecule has 0 aromatic carbocycles. The van der Waals surface area contributed by atoms with Crippen molar-refractivity contribution in [3.63, 3.8) is 0 Å². The predicted molar refractivity (Wildman–Crippen MR) is 63.3 cm³/mol. The average molecular weight is 237 g/mol. The van der Waals surface area contributed by atoms with Crippen molar-refractivity contribution in [3.8, 4) is 0 Å². The molecule has 15 heavy (non-hydrogen) atoms. The Hall–Kier alpha value is 0.110. The van der Waals surface area contributed by atoms with Gasteiger partial charge in [-0.15, -0.1) is 0 Å². The summed E-state index contributed by atoms with van der Waals surface area (Å²) in [6, 6.07) is 0. The minimum atomic E-state index is -2.88. The van der Waals surface area contributed by atoms with E-state index in [0.29, 0.717) is 19.5 Å². The highest BCUT2D eigenvalue weighted by molar-refractivity contribution is 7.53. The van der Waals surface area contributed by atoms with Crippen molar-refractivity contribution >= 4 is 7.60 Å². The molecule has 0 saturated heterocycles. The molecule has 0 aliphatic rings.